The molecule has 1 aliphatic carbocycles. The van der Waals surface area contributed by atoms with Gasteiger partial charge >= 0.3 is 0 Å². The zero-order valence-corrected chi connectivity index (χ0v) is 16.4. The number of fused-ring (bicyclic) bond motifs is 2. The Balaban J connectivity index is 1.44. The number of hydrogen-bond donors (Lipinski definition) is 0. The summed E-state index contributed by atoms with van der Waals surface area (Å²) >= 11 is 0. The van der Waals surface area contributed by atoms with Crippen LogP contribution in [0, 0.1) is 12.3 Å². The molecule has 0 saturated carbocycles. The normalized spacial score (nSPS) is 17.2. The van der Waals surface area contributed by atoms with Crippen molar-refractivity contribution < 1.29 is 14.2 Å². The average molecular weight is 377 g/mol. The second-order valence-corrected chi connectivity index (χ2v) is 7.49. The summed E-state index contributed by atoms with van der Waals surface area (Å²) in [5.74, 6) is 6.03. The SMILES string of the molecule is C#CCN(CCc1ccc2c(c1)OCO2)C[C@@H]1CCCc2c(OC)cccc21. The summed E-state index contributed by atoms with van der Waals surface area (Å²) in [6.07, 6.45) is 10.1. The van der Waals surface area contributed by atoms with Crippen LogP contribution in [0.3, 0.4) is 0 Å². The molecule has 0 saturated heterocycles. The van der Waals surface area contributed by atoms with Gasteiger partial charge in [-0.25, -0.2) is 0 Å². The monoisotopic (exact) mass is 377 g/mol. The molecule has 4 rings (SSSR count). The smallest absolute Gasteiger partial charge is 0.231 e. The summed E-state index contributed by atoms with van der Waals surface area (Å²) in [5, 5.41) is 0. The van der Waals surface area contributed by atoms with E-state index in [9.17, 15) is 0 Å². The third kappa shape index (κ3) is 3.95. The predicted octanol–water partition coefficient (Wildman–Crippen LogP) is 4.02. The predicted molar refractivity (Wildman–Crippen MR) is 110 cm³/mol. The highest BCUT2D eigenvalue weighted by atomic mass is 16.7. The van der Waals surface area contributed by atoms with Crippen LogP contribution in [0.2, 0.25) is 0 Å². The van der Waals surface area contributed by atoms with Crippen LogP contribution in [0.25, 0.3) is 0 Å². The molecule has 0 amide bonds. The van der Waals surface area contributed by atoms with E-state index in [2.05, 4.69) is 41.2 Å². The molecule has 4 heteroatoms. The fourth-order valence-corrected chi connectivity index (χ4v) is 4.35. The van der Waals surface area contributed by atoms with Gasteiger partial charge in [0, 0.05) is 13.1 Å². The van der Waals surface area contributed by atoms with Crippen molar-refractivity contribution in [2.45, 2.75) is 31.6 Å². The first kappa shape index (κ1) is 18.7. The Morgan fingerprint density at radius 2 is 2.11 bits per heavy atom. The van der Waals surface area contributed by atoms with Crippen LogP contribution in [-0.2, 0) is 12.8 Å². The molecule has 0 spiro atoms. The first-order chi connectivity index (χ1) is 13.8. The highest BCUT2D eigenvalue weighted by Crippen LogP contribution is 2.37. The third-order valence-electron chi connectivity index (χ3n) is 5.76. The van der Waals surface area contributed by atoms with E-state index in [1.807, 2.05) is 6.07 Å². The lowest BCUT2D eigenvalue weighted by molar-refractivity contribution is 0.174. The van der Waals surface area contributed by atoms with E-state index in [1.54, 1.807) is 7.11 Å². The number of terminal acetylenes is 1. The lowest BCUT2D eigenvalue weighted by Crippen LogP contribution is -2.32. The molecule has 0 bridgehead atoms. The van der Waals surface area contributed by atoms with E-state index in [0.717, 1.165) is 43.2 Å². The van der Waals surface area contributed by atoms with Gasteiger partial charge in [0.25, 0.3) is 0 Å². The second-order valence-electron chi connectivity index (χ2n) is 7.49. The minimum Gasteiger partial charge on any atom is -0.496 e. The number of hydrogen-bond acceptors (Lipinski definition) is 4. The van der Waals surface area contributed by atoms with Gasteiger partial charge in [0.15, 0.2) is 11.5 Å². The maximum Gasteiger partial charge on any atom is 0.231 e. The third-order valence-corrected chi connectivity index (χ3v) is 5.76. The van der Waals surface area contributed by atoms with Crippen LogP contribution in [0.15, 0.2) is 36.4 Å². The van der Waals surface area contributed by atoms with Crippen LogP contribution in [0.5, 0.6) is 17.2 Å². The van der Waals surface area contributed by atoms with Crippen molar-refractivity contribution in [2.75, 3.05) is 33.5 Å². The molecule has 0 fully saturated rings. The van der Waals surface area contributed by atoms with Crippen molar-refractivity contribution in [1.29, 1.82) is 0 Å². The molecule has 0 aromatic heterocycles. The highest BCUT2D eigenvalue weighted by Gasteiger charge is 2.24. The van der Waals surface area contributed by atoms with E-state index in [1.165, 1.54) is 29.5 Å². The van der Waals surface area contributed by atoms with Gasteiger partial charge in [-0.2, -0.15) is 0 Å². The van der Waals surface area contributed by atoms with Crippen molar-refractivity contribution in [3.05, 3.63) is 53.1 Å². The molecule has 2 aliphatic rings. The van der Waals surface area contributed by atoms with Crippen LogP contribution < -0.4 is 14.2 Å². The first-order valence-corrected chi connectivity index (χ1v) is 9.98. The Kier molecular flexibility index (Phi) is 5.73. The summed E-state index contributed by atoms with van der Waals surface area (Å²) in [6.45, 7) is 2.89. The van der Waals surface area contributed by atoms with Gasteiger partial charge in [0.2, 0.25) is 6.79 Å². The van der Waals surface area contributed by atoms with Crippen molar-refractivity contribution in [1.82, 2.24) is 4.90 Å². The molecule has 146 valence electrons. The van der Waals surface area contributed by atoms with Gasteiger partial charge in [-0.15, -0.1) is 6.42 Å². The van der Waals surface area contributed by atoms with Crippen LogP contribution in [0.1, 0.15) is 35.4 Å². The second kappa shape index (κ2) is 8.58. The minimum absolute atomic E-state index is 0.312. The van der Waals surface area contributed by atoms with E-state index in [4.69, 9.17) is 20.6 Å². The van der Waals surface area contributed by atoms with E-state index < -0.39 is 0 Å². The lowest BCUT2D eigenvalue weighted by Gasteiger charge is -2.31. The fourth-order valence-electron chi connectivity index (χ4n) is 4.35. The number of ether oxygens (including phenoxy) is 3. The molecule has 1 atom stereocenters. The zero-order chi connectivity index (χ0) is 19.3. The van der Waals surface area contributed by atoms with Gasteiger partial charge in [-0.05, 0) is 66.5 Å². The zero-order valence-electron chi connectivity index (χ0n) is 16.4. The first-order valence-electron chi connectivity index (χ1n) is 9.98. The molecular formula is C24H27NO3. The Labute approximate surface area is 167 Å². The number of benzene rings is 2. The minimum atomic E-state index is 0.312. The van der Waals surface area contributed by atoms with Gasteiger partial charge < -0.3 is 14.2 Å². The fraction of sp³-hybridized carbons (Fsp3) is 0.417. The maximum atomic E-state index is 5.67. The van der Waals surface area contributed by atoms with Crippen molar-refractivity contribution in [2.24, 2.45) is 0 Å². The van der Waals surface area contributed by atoms with E-state index >= 15 is 0 Å². The Hall–Kier alpha value is -2.64. The van der Waals surface area contributed by atoms with Crippen LogP contribution in [-0.4, -0.2) is 38.4 Å². The van der Waals surface area contributed by atoms with Gasteiger partial charge in [-0.1, -0.05) is 24.1 Å². The highest BCUT2D eigenvalue weighted by molar-refractivity contribution is 5.45. The van der Waals surface area contributed by atoms with Crippen LogP contribution in [0.4, 0.5) is 0 Å². The van der Waals surface area contributed by atoms with Gasteiger partial charge in [0.05, 0.1) is 13.7 Å². The van der Waals surface area contributed by atoms with Gasteiger partial charge in [0.1, 0.15) is 5.75 Å². The van der Waals surface area contributed by atoms with Crippen molar-refractivity contribution in [3.8, 4) is 29.6 Å². The summed E-state index contributed by atoms with van der Waals surface area (Å²) in [7, 11) is 1.76. The molecule has 2 aromatic rings. The largest absolute Gasteiger partial charge is 0.496 e. The Morgan fingerprint density at radius 3 is 2.96 bits per heavy atom. The lowest BCUT2D eigenvalue weighted by atomic mass is 9.82. The van der Waals surface area contributed by atoms with Crippen molar-refractivity contribution >= 4 is 0 Å². The molecule has 0 radical (unpaired) electrons. The standard InChI is InChI=1S/C24H27NO3/c1-3-13-25(14-12-18-10-11-23-24(15-18)28-17-27-23)16-19-6-4-8-21-20(19)7-5-9-22(21)26-2/h1,5,7,9-11,15,19H,4,6,8,12-14,16-17H2,2H3/t19-/m0/s1. The quantitative estimate of drug-likeness (QED) is 0.682. The average Bonchev–Trinajstić information content (AvgIpc) is 3.20. The summed E-state index contributed by atoms with van der Waals surface area (Å²) in [5.41, 5.74) is 4.05. The molecule has 4 nitrogen and oxygen atoms in total. The molecule has 1 heterocycles. The summed E-state index contributed by atoms with van der Waals surface area (Å²) in [4.78, 5) is 2.39. The molecule has 0 unspecified atom stereocenters. The summed E-state index contributed by atoms with van der Waals surface area (Å²) in [6, 6.07) is 12.6. The topological polar surface area (TPSA) is 30.9 Å². The van der Waals surface area contributed by atoms with E-state index in [-0.39, 0.29) is 0 Å². The number of nitrogens with zero attached hydrogens (tertiary/aromatic N) is 1. The van der Waals surface area contributed by atoms with Crippen LogP contribution >= 0.6 is 0 Å². The molecule has 0 N–H and O–H groups in total. The molecule has 2 aromatic carbocycles. The number of rotatable bonds is 7. The van der Waals surface area contributed by atoms with Gasteiger partial charge in [-0.3, -0.25) is 4.90 Å². The maximum absolute atomic E-state index is 5.67. The van der Waals surface area contributed by atoms with Crippen molar-refractivity contribution in [3.63, 3.8) is 0 Å². The van der Waals surface area contributed by atoms with E-state index in [0.29, 0.717) is 19.3 Å². The molecular weight excluding hydrogens is 350 g/mol. The number of methoxy groups -OCH3 is 1. The Bertz CT molecular complexity index is 871. The summed E-state index contributed by atoms with van der Waals surface area (Å²) < 4.78 is 16.5. The molecule has 1 aliphatic heterocycles. The Morgan fingerprint density at radius 1 is 1.21 bits per heavy atom. The molecule has 28 heavy (non-hydrogen) atoms.